The molecular formula is C50H52N2S3. The molecule has 5 aromatic carbocycles. The normalized spacial score (nSPS) is 12.9. The lowest BCUT2D eigenvalue weighted by Gasteiger charge is -2.17. The fourth-order valence-corrected chi connectivity index (χ4v) is 11.3. The van der Waals surface area contributed by atoms with E-state index in [0.717, 1.165) is 46.8 Å². The number of rotatable bonds is 16. The van der Waals surface area contributed by atoms with Crippen LogP contribution in [0.15, 0.2) is 109 Å². The summed E-state index contributed by atoms with van der Waals surface area (Å²) in [5, 5.41) is 5.49. The number of hydrogen-bond donors (Lipinski definition) is 0. The minimum Gasteiger partial charge on any atom is -0.172 e. The Labute approximate surface area is 339 Å². The summed E-state index contributed by atoms with van der Waals surface area (Å²) in [6, 6.07) is 41.2. The van der Waals surface area contributed by atoms with Gasteiger partial charge in [-0.05, 0) is 92.7 Å². The minimum atomic E-state index is 0.741. The van der Waals surface area contributed by atoms with E-state index in [1.54, 1.807) is 0 Å². The number of fused-ring (bicyclic) bond motifs is 3. The van der Waals surface area contributed by atoms with Crippen molar-refractivity contribution >= 4 is 67.0 Å². The highest BCUT2D eigenvalue weighted by atomic mass is 32.1. The average molecular weight is 777 g/mol. The molecule has 2 unspecified atom stereocenters. The van der Waals surface area contributed by atoms with Crippen LogP contribution in [0.25, 0.3) is 74.3 Å². The first-order valence-electron chi connectivity index (χ1n) is 20.6. The maximum Gasteiger partial charge on any atom is 0.114 e. The van der Waals surface area contributed by atoms with Crippen LogP contribution in [0.5, 0.6) is 0 Å². The Kier molecular flexibility index (Phi) is 11.9. The number of unbranched alkanes of at least 4 members (excludes halogenated alkanes) is 2. The molecule has 3 heterocycles. The van der Waals surface area contributed by atoms with Crippen molar-refractivity contribution in [2.75, 3.05) is 0 Å². The molecule has 0 aliphatic rings. The van der Waals surface area contributed by atoms with Gasteiger partial charge in [0.1, 0.15) is 11.0 Å². The molecule has 8 aromatic rings. The van der Waals surface area contributed by atoms with Crippen molar-refractivity contribution in [1.29, 1.82) is 0 Å². The highest BCUT2D eigenvalue weighted by Crippen LogP contribution is 2.45. The summed E-state index contributed by atoms with van der Waals surface area (Å²) >= 11 is 5.04. The number of hydrogen-bond acceptors (Lipinski definition) is 5. The molecule has 2 atom stereocenters. The fourth-order valence-electron chi connectivity index (χ4n) is 8.54. The second-order valence-electron chi connectivity index (χ2n) is 15.3. The highest BCUT2D eigenvalue weighted by Gasteiger charge is 2.19. The van der Waals surface area contributed by atoms with Gasteiger partial charge in [0, 0.05) is 30.6 Å². The third-order valence-corrected chi connectivity index (χ3v) is 14.7. The van der Waals surface area contributed by atoms with Gasteiger partial charge >= 0.3 is 0 Å². The van der Waals surface area contributed by atoms with Gasteiger partial charge in [0.05, 0.1) is 11.7 Å². The van der Waals surface area contributed by atoms with E-state index in [9.17, 15) is 0 Å². The second kappa shape index (κ2) is 17.3. The molecule has 55 heavy (non-hydrogen) atoms. The van der Waals surface area contributed by atoms with Crippen molar-refractivity contribution in [1.82, 2.24) is 8.75 Å². The molecular weight excluding hydrogens is 725 g/mol. The molecule has 0 amide bonds. The van der Waals surface area contributed by atoms with Gasteiger partial charge in [-0.15, -0.1) is 22.7 Å². The van der Waals surface area contributed by atoms with Gasteiger partial charge in [-0.1, -0.05) is 164 Å². The highest BCUT2D eigenvalue weighted by molar-refractivity contribution is 7.19. The zero-order valence-corrected chi connectivity index (χ0v) is 35.2. The molecule has 0 saturated carbocycles. The summed E-state index contributed by atoms with van der Waals surface area (Å²) in [5.41, 5.74) is 9.90. The van der Waals surface area contributed by atoms with E-state index in [1.807, 2.05) is 22.7 Å². The van der Waals surface area contributed by atoms with Crippen LogP contribution < -0.4 is 0 Å². The first-order chi connectivity index (χ1) is 27.1. The summed E-state index contributed by atoms with van der Waals surface area (Å²) in [6.45, 7) is 9.30. The van der Waals surface area contributed by atoms with Gasteiger partial charge in [-0.2, -0.15) is 8.75 Å². The van der Waals surface area contributed by atoms with E-state index in [-0.39, 0.29) is 0 Å². The Hall–Kier alpha value is -4.16. The Bertz CT molecular complexity index is 2360. The predicted molar refractivity (Wildman–Crippen MR) is 244 cm³/mol. The molecule has 2 nitrogen and oxygen atoms in total. The van der Waals surface area contributed by atoms with Crippen molar-refractivity contribution in [3.63, 3.8) is 0 Å². The molecule has 280 valence electrons. The SMILES string of the molecule is CCCCC(CC)Cc1ccc(-c2ccc(-c3ccc(-c4ccc(-c5ccc(CC(CC)CCCC)c6ccccc56)s4)c4nsnc34)s2)c2ccccc12. The molecule has 0 bridgehead atoms. The fraction of sp³-hybridized carbons (Fsp3) is 0.320. The molecule has 0 aliphatic carbocycles. The number of thiophene rings is 2. The zero-order valence-electron chi connectivity index (χ0n) is 32.7. The van der Waals surface area contributed by atoms with Crippen molar-refractivity contribution in [2.45, 2.75) is 91.9 Å². The van der Waals surface area contributed by atoms with Crippen molar-refractivity contribution in [3.05, 3.63) is 120 Å². The number of aromatic nitrogens is 2. The second-order valence-corrected chi connectivity index (χ2v) is 18.0. The van der Waals surface area contributed by atoms with Gasteiger partial charge in [0.25, 0.3) is 0 Å². The van der Waals surface area contributed by atoms with Crippen molar-refractivity contribution < 1.29 is 0 Å². The van der Waals surface area contributed by atoms with Crippen LogP contribution in [-0.2, 0) is 12.8 Å². The first kappa shape index (κ1) is 37.7. The third kappa shape index (κ3) is 7.81. The van der Waals surface area contributed by atoms with Gasteiger partial charge in [-0.25, -0.2) is 0 Å². The smallest absolute Gasteiger partial charge is 0.114 e. The van der Waals surface area contributed by atoms with E-state index in [4.69, 9.17) is 8.75 Å². The third-order valence-electron chi connectivity index (χ3n) is 11.8. The van der Waals surface area contributed by atoms with E-state index < -0.39 is 0 Å². The maximum absolute atomic E-state index is 4.89. The Morgan fingerprint density at radius 1 is 0.436 bits per heavy atom. The summed E-state index contributed by atoms with van der Waals surface area (Å²) in [6.07, 6.45) is 12.6. The lowest BCUT2D eigenvalue weighted by atomic mass is 9.88. The monoisotopic (exact) mass is 776 g/mol. The van der Waals surface area contributed by atoms with Crippen LogP contribution >= 0.6 is 34.4 Å². The first-order valence-corrected chi connectivity index (χ1v) is 22.9. The van der Waals surface area contributed by atoms with E-state index in [1.165, 1.54) is 126 Å². The van der Waals surface area contributed by atoms with Crippen LogP contribution in [-0.4, -0.2) is 8.75 Å². The van der Waals surface area contributed by atoms with E-state index >= 15 is 0 Å². The van der Waals surface area contributed by atoms with Gasteiger partial charge in [-0.3, -0.25) is 0 Å². The largest absolute Gasteiger partial charge is 0.172 e. The Morgan fingerprint density at radius 3 is 1.22 bits per heavy atom. The van der Waals surface area contributed by atoms with Crippen LogP contribution in [0, 0.1) is 11.8 Å². The molecule has 5 heteroatoms. The van der Waals surface area contributed by atoms with Crippen LogP contribution in [0.1, 0.15) is 90.2 Å². The summed E-state index contributed by atoms with van der Waals surface area (Å²) in [4.78, 5) is 5.06. The van der Waals surface area contributed by atoms with Crippen molar-refractivity contribution in [3.8, 4) is 41.8 Å². The molecule has 0 fully saturated rings. The molecule has 0 spiro atoms. The van der Waals surface area contributed by atoms with Crippen LogP contribution in [0.4, 0.5) is 0 Å². The molecule has 3 aromatic heterocycles. The van der Waals surface area contributed by atoms with E-state index in [2.05, 4.69) is 137 Å². The predicted octanol–water partition coefficient (Wildman–Crippen LogP) is 16.3. The summed E-state index contributed by atoms with van der Waals surface area (Å²) < 4.78 is 9.78. The molecule has 0 aliphatic heterocycles. The minimum absolute atomic E-state index is 0.741. The Morgan fingerprint density at radius 2 is 0.818 bits per heavy atom. The number of benzene rings is 5. The van der Waals surface area contributed by atoms with Gasteiger partial charge in [0.15, 0.2) is 0 Å². The van der Waals surface area contributed by atoms with E-state index in [0.29, 0.717) is 0 Å². The molecule has 8 rings (SSSR count). The molecule has 0 radical (unpaired) electrons. The quantitative estimate of drug-likeness (QED) is 0.0977. The maximum atomic E-state index is 4.89. The topological polar surface area (TPSA) is 25.8 Å². The van der Waals surface area contributed by atoms with Crippen molar-refractivity contribution in [2.24, 2.45) is 11.8 Å². The van der Waals surface area contributed by atoms with Crippen LogP contribution in [0.2, 0.25) is 0 Å². The van der Waals surface area contributed by atoms with Gasteiger partial charge in [0.2, 0.25) is 0 Å². The van der Waals surface area contributed by atoms with Crippen LogP contribution in [0.3, 0.4) is 0 Å². The Balaban J connectivity index is 1.08. The lowest BCUT2D eigenvalue weighted by Crippen LogP contribution is -2.04. The lowest BCUT2D eigenvalue weighted by molar-refractivity contribution is 0.450. The average Bonchev–Trinajstić information content (AvgIpc) is 4.03. The molecule has 0 saturated heterocycles. The summed E-state index contributed by atoms with van der Waals surface area (Å²) in [7, 11) is 0. The standard InChI is InChI=1S/C50H52N2S3/c1-5-9-15-33(7-3)31-35-21-23-41(39-19-13-11-17-37(35)39)45-27-29-47(53-45)43-25-26-44(50-49(43)51-55-52-50)48-30-28-46(54-48)42-24-22-36(32-34(8-4)16-10-6-2)38-18-12-14-20-40(38)42/h11-14,17-30,33-34H,5-10,15-16,31-32H2,1-4H3. The molecule has 0 N–H and O–H groups in total. The zero-order chi connectivity index (χ0) is 37.7. The number of nitrogens with zero attached hydrogens (tertiary/aromatic N) is 2. The van der Waals surface area contributed by atoms with Gasteiger partial charge < -0.3 is 0 Å². The summed E-state index contributed by atoms with van der Waals surface area (Å²) in [5.74, 6) is 1.48.